The van der Waals surface area contributed by atoms with Gasteiger partial charge in [0.2, 0.25) is 5.95 Å². The van der Waals surface area contributed by atoms with Crippen LogP contribution >= 0.6 is 0 Å². The lowest BCUT2D eigenvalue weighted by atomic mass is 10.1. The molecular weight excluding hydrogens is 216 g/mol. The highest BCUT2D eigenvalue weighted by molar-refractivity contribution is 5.27. The third kappa shape index (κ3) is 2.12. The van der Waals surface area contributed by atoms with E-state index in [2.05, 4.69) is 24.8 Å². The van der Waals surface area contributed by atoms with Gasteiger partial charge in [0.1, 0.15) is 0 Å². The van der Waals surface area contributed by atoms with Crippen molar-refractivity contribution in [1.29, 1.82) is 0 Å². The lowest BCUT2D eigenvalue weighted by molar-refractivity contribution is 0.240. The van der Waals surface area contributed by atoms with Crippen molar-refractivity contribution in [2.45, 2.75) is 19.5 Å². The average Bonchev–Trinajstić information content (AvgIpc) is 2.82. The Balaban J connectivity index is 1.74. The summed E-state index contributed by atoms with van der Waals surface area (Å²) in [6.07, 6.45) is 6.32. The first-order valence-corrected chi connectivity index (χ1v) is 5.61. The highest BCUT2D eigenvalue weighted by Crippen LogP contribution is 2.18. The molecule has 0 amide bonds. The molecule has 3 rings (SSSR count). The summed E-state index contributed by atoms with van der Waals surface area (Å²) in [5.74, 6) is 0.366. The molecule has 1 aliphatic heterocycles. The summed E-state index contributed by atoms with van der Waals surface area (Å²) in [5.41, 5.74) is 8.96. The maximum absolute atomic E-state index is 5.58. The second-order valence-electron chi connectivity index (χ2n) is 4.24. The van der Waals surface area contributed by atoms with Gasteiger partial charge in [-0.15, -0.1) is 0 Å². The highest BCUT2D eigenvalue weighted by Gasteiger charge is 2.18. The molecule has 6 nitrogen and oxygen atoms in total. The Kier molecular flexibility index (Phi) is 2.49. The smallest absolute Gasteiger partial charge is 0.220 e. The van der Waals surface area contributed by atoms with E-state index in [0.29, 0.717) is 5.95 Å². The van der Waals surface area contributed by atoms with Crippen molar-refractivity contribution in [3.8, 4) is 0 Å². The maximum atomic E-state index is 5.58. The molecule has 0 spiro atoms. The Labute approximate surface area is 98.9 Å². The molecule has 3 N–H and O–H groups in total. The van der Waals surface area contributed by atoms with Crippen LogP contribution in [0.25, 0.3) is 0 Å². The maximum Gasteiger partial charge on any atom is 0.220 e. The molecule has 88 valence electrons. The van der Waals surface area contributed by atoms with Crippen LogP contribution in [0.4, 0.5) is 5.95 Å². The number of anilines is 1. The van der Waals surface area contributed by atoms with Gasteiger partial charge in [0.25, 0.3) is 0 Å². The summed E-state index contributed by atoms with van der Waals surface area (Å²) in [5, 5.41) is 0. The number of nitrogen functional groups attached to an aromatic ring is 1. The summed E-state index contributed by atoms with van der Waals surface area (Å²) >= 11 is 0. The SMILES string of the molecule is Nc1ncc2c(n1)CCN(Cc1cnc[nH]1)C2. The van der Waals surface area contributed by atoms with Gasteiger partial charge in [0.05, 0.1) is 12.0 Å². The molecule has 0 bridgehead atoms. The van der Waals surface area contributed by atoms with Gasteiger partial charge in [-0.3, -0.25) is 4.90 Å². The molecule has 0 aromatic carbocycles. The summed E-state index contributed by atoms with van der Waals surface area (Å²) in [7, 11) is 0. The quantitative estimate of drug-likeness (QED) is 0.777. The normalized spacial score (nSPS) is 15.8. The van der Waals surface area contributed by atoms with Crippen molar-refractivity contribution < 1.29 is 0 Å². The Hall–Kier alpha value is -1.95. The highest BCUT2D eigenvalue weighted by atomic mass is 15.1. The number of hydrogen-bond donors (Lipinski definition) is 2. The number of nitrogens with two attached hydrogens (primary N) is 1. The fourth-order valence-electron chi connectivity index (χ4n) is 2.14. The predicted octanol–water partition coefficient (Wildman–Crippen LogP) is 0.340. The molecule has 0 aliphatic carbocycles. The largest absolute Gasteiger partial charge is 0.368 e. The van der Waals surface area contributed by atoms with Crippen LogP contribution in [0.5, 0.6) is 0 Å². The van der Waals surface area contributed by atoms with Gasteiger partial charge in [0.15, 0.2) is 0 Å². The fourth-order valence-corrected chi connectivity index (χ4v) is 2.14. The van der Waals surface area contributed by atoms with E-state index in [0.717, 1.165) is 37.4 Å². The third-order valence-electron chi connectivity index (χ3n) is 2.98. The second-order valence-corrected chi connectivity index (χ2v) is 4.24. The Morgan fingerprint density at radius 2 is 2.35 bits per heavy atom. The standard InChI is InChI=1S/C11H14N6/c12-11-14-3-8-5-17(2-1-10(8)16-11)6-9-4-13-7-15-9/h3-4,7H,1-2,5-6H2,(H,13,15)(H2,12,14,16). The first-order chi connectivity index (χ1) is 8.31. The van der Waals surface area contributed by atoms with E-state index in [1.165, 1.54) is 5.56 Å². The van der Waals surface area contributed by atoms with Crippen LogP contribution < -0.4 is 5.73 Å². The number of fused-ring (bicyclic) bond motifs is 1. The Morgan fingerprint density at radius 3 is 3.18 bits per heavy atom. The molecule has 17 heavy (non-hydrogen) atoms. The van der Waals surface area contributed by atoms with E-state index in [-0.39, 0.29) is 0 Å². The molecule has 3 heterocycles. The van der Waals surface area contributed by atoms with Crippen molar-refractivity contribution in [3.05, 3.63) is 35.7 Å². The molecule has 0 unspecified atom stereocenters. The Morgan fingerprint density at radius 1 is 1.41 bits per heavy atom. The number of aromatic nitrogens is 4. The number of nitrogens with zero attached hydrogens (tertiary/aromatic N) is 4. The number of nitrogens with one attached hydrogen (secondary N) is 1. The molecule has 6 heteroatoms. The number of hydrogen-bond acceptors (Lipinski definition) is 5. The fraction of sp³-hybridized carbons (Fsp3) is 0.364. The van der Waals surface area contributed by atoms with Gasteiger partial charge in [-0.2, -0.15) is 0 Å². The topological polar surface area (TPSA) is 83.7 Å². The van der Waals surface area contributed by atoms with Gasteiger partial charge >= 0.3 is 0 Å². The van der Waals surface area contributed by atoms with E-state index in [4.69, 9.17) is 5.73 Å². The molecular formula is C11H14N6. The van der Waals surface area contributed by atoms with Gasteiger partial charge in [0, 0.05) is 49.7 Å². The van der Waals surface area contributed by atoms with E-state index in [1.807, 2.05) is 12.4 Å². The monoisotopic (exact) mass is 230 g/mol. The first-order valence-electron chi connectivity index (χ1n) is 5.61. The van der Waals surface area contributed by atoms with E-state index >= 15 is 0 Å². The Bertz CT molecular complexity index is 507. The van der Waals surface area contributed by atoms with Crippen molar-refractivity contribution >= 4 is 5.95 Å². The third-order valence-corrected chi connectivity index (χ3v) is 2.98. The summed E-state index contributed by atoms with van der Waals surface area (Å²) in [6, 6.07) is 0. The first kappa shape index (κ1) is 10.2. The summed E-state index contributed by atoms with van der Waals surface area (Å²) in [6.45, 7) is 2.74. The van der Waals surface area contributed by atoms with Crippen LogP contribution in [0.3, 0.4) is 0 Å². The molecule has 0 saturated heterocycles. The molecule has 2 aromatic heterocycles. The van der Waals surface area contributed by atoms with Gasteiger partial charge in [-0.25, -0.2) is 15.0 Å². The lowest BCUT2D eigenvalue weighted by Crippen LogP contribution is -2.31. The second kappa shape index (κ2) is 4.14. The molecule has 2 aromatic rings. The average molecular weight is 230 g/mol. The van der Waals surface area contributed by atoms with Crippen LogP contribution in [-0.2, 0) is 19.5 Å². The van der Waals surface area contributed by atoms with E-state index in [1.54, 1.807) is 6.33 Å². The van der Waals surface area contributed by atoms with Gasteiger partial charge in [-0.05, 0) is 0 Å². The molecule has 1 aliphatic rings. The van der Waals surface area contributed by atoms with Crippen molar-refractivity contribution in [2.75, 3.05) is 12.3 Å². The zero-order valence-electron chi connectivity index (χ0n) is 9.43. The van der Waals surface area contributed by atoms with Crippen molar-refractivity contribution in [3.63, 3.8) is 0 Å². The summed E-state index contributed by atoms with van der Waals surface area (Å²) < 4.78 is 0. The molecule has 0 atom stereocenters. The number of aromatic amines is 1. The predicted molar refractivity (Wildman–Crippen MR) is 62.9 cm³/mol. The molecule has 0 fully saturated rings. The van der Waals surface area contributed by atoms with Crippen molar-refractivity contribution in [1.82, 2.24) is 24.8 Å². The molecule has 0 radical (unpaired) electrons. The number of imidazole rings is 1. The van der Waals surface area contributed by atoms with Crippen LogP contribution in [0, 0.1) is 0 Å². The number of H-pyrrole nitrogens is 1. The zero-order chi connectivity index (χ0) is 11.7. The van der Waals surface area contributed by atoms with Crippen molar-refractivity contribution in [2.24, 2.45) is 0 Å². The minimum atomic E-state index is 0.366. The van der Waals surface area contributed by atoms with Gasteiger partial charge in [-0.1, -0.05) is 0 Å². The summed E-state index contributed by atoms with van der Waals surface area (Å²) in [4.78, 5) is 17.8. The van der Waals surface area contributed by atoms with Crippen LogP contribution in [0.15, 0.2) is 18.7 Å². The lowest BCUT2D eigenvalue weighted by Gasteiger charge is -2.27. The number of rotatable bonds is 2. The van der Waals surface area contributed by atoms with E-state index < -0.39 is 0 Å². The van der Waals surface area contributed by atoms with Crippen LogP contribution in [0.1, 0.15) is 17.0 Å². The minimum Gasteiger partial charge on any atom is -0.368 e. The van der Waals surface area contributed by atoms with Gasteiger partial charge < -0.3 is 10.7 Å². The molecule has 0 saturated carbocycles. The minimum absolute atomic E-state index is 0.366. The van der Waals surface area contributed by atoms with Crippen LogP contribution in [-0.4, -0.2) is 31.4 Å². The van der Waals surface area contributed by atoms with Crippen LogP contribution in [0.2, 0.25) is 0 Å². The zero-order valence-corrected chi connectivity index (χ0v) is 9.43. The van der Waals surface area contributed by atoms with E-state index in [9.17, 15) is 0 Å².